The van der Waals surface area contributed by atoms with Crippen molar-refractivity contribution in [2.45, 2.75) is 20.3 Å². The number of pyridine rings is 2. The first-order valence-corrected chi connectivity index (χ1v) is 6.99. The second-order valence-corrected chi connectivity index (χ2v) is 5.01. The van der Waals surface area contributed by atoms with Crippen LogP contribution in [0.1, 0.15) is 28.7 Å². The third-order valence-electron chi connectivity index (χ3n) is 3.36. The maximum Gasteiger partial charge on any atom is 0.275 e. The van der Waals surface area contributed by atoms with Crippen LogP contribution >= 0.6 is 0 Å². The Labute approximate surface area is 126 Å². The van der Waals surface area contributed by atoms with Crippen LogP contribution in [0.15, 0.2) is 36.7 Å². The number of fused-ring (bicyclic) bond motifs is 1. The molecule has 1 N–H and O–H groups in total. The first kappa shape index (κ1) is 14.2. The van der Waals surface area contributed by atoms with Gasteiger partial charge in [-0.2, -0.15) is 0 Å². The zero-order chi connectivity index (χ0) is 15.7. The standard InChI is InChI=1S/C16H15FN4O/c1-3-12-15(21-9-10(2)4-7-14(21)19-12)16(22)20-13-6-5-11(17)8-18-13/h4-9H,3H2,1-2H3,(H,18,20,22). The molecule has 5 nitrogen and oxygen atoms in total. The molecule has 0 fully saturated rings. The number of imidazole rings is 1. The van der Waals surface area contributed by atoms with E-state index < -0.39 is 5.82 Å². The lowest BCUT2D eigenvalue weighted by molar-refractivity contribution is 0.102. The molecule has 1 amide bonds. The molecule has 0 aliphatic heterocycles. The molecule has 112 valence electrons. The van der Waals surface area contributed by atoms with Gasteiger partial charge in [-0.05, 0) is 37.1 Å². The fourth-order valence-corrected chi connectivity index (χ4v) is 2.31. The number of carbonyl (C=O) groups excluding carboxylic acids is 1. The highest BCUT2D eigenvalue weighted by Crippen LogP contribution is 2.16. The van der Waals surface area contributed by atoms with Gasteiger partial charge in [0.2, 0.25) is 0 Å². The van der Waals surface area contributed by atoms with Gasteiger partial charge in [-0.25, -0.2) is 14.4 Å². The van der Waals surface area contributed by atoms with Gasteiger partial charge in [0.05, 0.1) is 11.9 Å². The van der Waals surface area contributed by atoms with Crippen LogP contribution in [0.5, 0.6) is 0 Å². The maximum atomic E-state index is 12.9. The highest BCUT2D eigenvalue weighted by atomic mass is 19.1. The summed E-state index contributed by atoms with van der Waals surface area (Å²) in [7, 11) is 0. The van der Waals surface area contributed by atoms with Crippen LogP contribution in [0.3, 0.4) is 0 Å². The first-order valence-electron chi connectivity index (χ1n) is 6.99. The van der Waals surface area contributed by atoms with Crippen LogP contribution < -0.4 is 5.32 Å². The van der Waals surface area contributed by atoms with E-state index in [9.17, 15) is 9.18 Å². The monoisotopic (exact) mass is 298 g/mol. The van der Waals surface area contributed by atoms with E-state index in [0.29, 0.717) is 23.6 Å². The van der Waals surface area contributed by atoms with Gasteiger partial charge in [0, 0.05) is 6.20 Å². The minimum atomic E-state index is -0.447. The second-order valence-electron chi connectivity index (χ2n) is 5.01. The average Bonchev–Trinajstić information content (AvgIpc) is 2.87. The molecule has 0 saturated carbocycles. The molecular formula is C16H15FN4O. The molecule has 6 heteroatoms. The third-order valence-corrected chi connectivity index (χ3v) is 3.36. The Morgan fingerprint density at radius 3 is 2.82 bits per heavy atom. The molecule has 0 radical (unpaired) electrons. The zero-order valence-corrected chi connectivity index (χ0v) is 12.3. The number of nitrogens with zero attached hydrogens (tertiary/aromatic N) is 3. The van der Waals surface area contributed by atoms with Crippen molar-refractivity contribution in [2.75, 3.05) is 5.32 Å². The Morgan fingerprint density at radius 2 is 2.14 bits per heavy atom. The molecule has 0 saturated heterocycles. The number of hydrogen-bond acceptors (Lipinski definition) is 3. The maximum absolute atomic E-state index is 12.9. The zero-order valence-electron chi connectivity index (χ0n) is 12.3. The highest BCUT2D eigenvalue weighted by Gasteiger charge is 2.18. The van der Waals surface area contributed by atoms with Crippen molar-refractivity contribution in [1.82, 2.24) is 14.4 Å². The van der Waals surface area contributed by atoms with Crippen molar-refractivity contribution in [1.29, 1.82) is 0 Å². The van der Waals surface area contributed by atoms with E-state index in [0.717, 1.165) is 17.4 Å². The molecule has 0 bridgehead atoms. The lowest BCUT2D eigenvalue weighted by Gasteiger charge is -2.06. The number of hydrogen-bond donors (Lipinski definition) is 1. The Balaban J connectivity index is 2.02. The van der Waals surface area contributed by atoms with E-state index in [2.05, 4.69) is 15.3 Å². The van der Waals surface area contributed by atoms with Crippen LogP contribution in [0.2, 0.25) is 0 Å². The van der Waals surface area contributed by atoms with Crippen LogP contribution in [0.25, 0.3) is 5.65 Å². The molecular weight excluding hydrogens is 283 g/mol. The minimum absolute atomic E-state index is 0.302. The smallest absolute Gasteiger partial charge is 0.275 e. The van der Waals surface area contributed by atoms with E-state index in [4.69, 9.17) is 0 Å². The molecule has 0 aliphatic rings. The molecule has 22 heavy (non-hydrogen) atoms. The second kappa shape index (κ2) is 5.55. The topological polar surface area (TPSA) is 59.3 Å². The Hall–Kier alpha value is -2.76. The van der Waals surface area contributed by atoms with Gasteiger partial charge in [-0.15, -0.1) is 0 Å². The van der Waals surface area contributed by atoms with Gasteiger partial charge in [0.1, 0.15) is 23.0 Å². The number of anilines is 1. The summed E-state index contributed by atoms with van der Waals surface area (Å²) < 4.78 is 14.7. The quantitative estimate of drug-likeness (QED) is 0.808. The van der Waals surface area contributed by atoms with E-state index in [-0.39, 0.29) is 5.91 Å². The molecule has 0 spiro atoms. The van der Waals surface area contributed by atoms with E-state index in [1.165, 1.54) is 12.1 Å². The predicted octanol–water partition coefficient (Wildman–Crippen LogP) is 2.99. The first-order chi connectivity index (χ1) is 10.6. The third kappa shape index (κ3) is 2.55. The molecule has 3 heterocycles. The van der Waals surface area contributed by atoms with Crippen molar-refractivity contribution >= 4 is 17.4 Å². The van der Waals surface area contributed by atoms with Crippen molar-refractivity contribution in [3.63, 3.8) is 0 Å². The molecule has 0 atom stereocenters. The number of nitrogens with one attached hydrogen (secondary N) is 1. The van der Waals surface area contributed by atoms with Crippen LogP contribution in [0, 0.1) is 12.7 Å². The number of aryl methyl sites for hydroxylation is 2. The number of rotatable bonds is 3. The van der Waals surface area contributed by atoms with E-state index >= 15 is 0 Å². The summed E-state index contributed by atoms with van der Waals surface area (Å²) in [6.45, 7) is 3.90. The minimum Gasteiger partial charge on any atom is -0.305 e. The fraction of sp³-hybridized carbons (Fsp3) is 0.188. The van der Waals surface area contributed by atoms with Crippen molar-refractivity contribution in [3.05, 3.63) is 59.4 Å². The normalized spacial score (nSPS) is 10.9. The van der Waals surface area contributed by atoms with Crippen molar-refractivity contribution in [2.24, 2.45) is 0 Å². The van der Waals surface area contributed by atoms with Crippen LogP contribution in [0.4, 0.5) is 10.2 Å². The summed E-state index contributed by atoms with van der Waals surface area (Å²) >= 11 is 0. The number of carbonyl (C=O) groups is 1. The summed E-state index contributed by atoms with van der Waals surface area (Å²) in [4.78, 5) is 20.9. The summed E-state index contributed by atoms with van der Waals surface area (Å²) in [5.41, 5.74) is 2.94. The van der Waals surface area contributed by atoms with Gasteiger partial charge < -0.3 is 5.32 Å². The molecule has 0 aromatic carbocycles. The molecule has 3 aromatic heterocycles. The van der Waals surface area contributed by atoms with Crippen molar-refractivity contribution < 1.29 is 9.18 Å². The number of amides is 1. The summed E-state index contributed by atoms with van der Waals surface area (Å²) in [5, 5.41) is 2.68. The lowest BCUT2D eigenvalue weighted by Crippen LogP contribution is -2.17. The van der Waals surface area contributed by atoms with Gasteiger partial charge in [-0.1, -0.05) is 13.0 Å². The van der Waals surface area contributed by atoms with Gasteiger partial charge in [0.15, 0.2) is 0 Å². The summed E-state index contributed by atoms with van der Waals surface area (Å²) in [6.07, 6.45) is 3.57. The summed E-state index contributed by atoms with van der Waals surface area (Å²) in [5.74, 6) is -0.456. The Morgan fingerprint density at radius 1 is 1.32 bits per heavy atom. The van der Waals surface area contributed by atoms with E-state index in [1.807, 2.05) is 32.2 Å². The highest BCUT2D eigenvalue weighted by molar-refractivity contribution is 6.04. The lowest BCUT2D eigenvalue weighted by atomic mass is 10.2. The van der Waals surface area contributed by atoms with E-state index in [1.54, 1.807) is 4.40 Å². The largest absolute Gasteiger partial charge is 0.305 e. The van der Waals surface area contributed by atoms with Crippen molar-refractivity contribution in [3.8, 4) is 0 Å². The van der Waals surface area contributed by atoms with Crippen LogP contribution in [-0.2, 0) is 6.42 Å². The fourth-order valence-electron chi connectivity index (χ4n) is 2.31. The molecule has 0 aliphatic carbocycles. The van der Waals surface area contributed by atoms with Gasteiger partial charge >= 0.3 is 0 Å². The Kier molecular flexibility index (Phi) is 3.58. The molecule has 0 unspecified atom stereocenters. The average molecular weight is 298 g/mol. The predicted molar refractivity (Wildman–Crippen MR) is 81.5 cm³/mol. The molecule has 3 rings (SSSR count). The van der Waals surface area contributed by atoms with Crippen LogP contribution in [-0.4, -0.2) is 20.3 Å². The molecule has 3 aromatic rings. The number of halogens is 1. The van der Waals surface area contributed by atoms with Gasteiger partial charge in [0.25, 0.3) is 5.91 Å². The van der Waals surface area contributed by atoms with Gasteiger partial charge in [-0.3, -0.25) is 9.20 Å². The SMILES string of the molecule is CCc1nc2ccc(C)cn2c1C(=O)Nc1ccc(F)cn1. The Bertz CT molecular complexity index is 839. The number of aromatic nitrogens is 3. The summed E-state index contributed by atoms with van der Waals surface area (Å²) in [6, 6.07) is 6.50.